The lowest BCUT2D eigenvalue weighted by atomic mass is 10.0. The first-order chi connectivity index (χ1) is 14.4. The molecule has 0 spiro atoms. The number of fused-ring (bicyclic) bond motifs is 1. The summed E-state index contributed by atoms with van der Waals surface area (Å²) in [5.74, 6) is -0.396. The molecule has 2 aliphatic rings. The molecule has 2 aromatic carbocycles. The van der Waals surface area contributed by atoms with Crippen LogP contribution in [-0.2, 0) is 27.6 Å². The van der Waals surface area contributed by atoms with Crippen LogP contribution in [0.5, 0.6) is 0 Å². The summed E-state index contributed by atoms with van der Waals surface area (Å²) in [7, 11) is -3.71. The third kappa shape index (κ3) is 4.25. The highest BCUT2D eigenvalue weighted by molar-refractivity contribution is 7.89. The Hall–Kier alpha value is -1.93. The van der Waals surface area contributed by atoms with Crippen LogP contribution in [0.15, 0.2) is 41.3 Å². The monoisotopic (exact) mass is 448 g/mol. The number of amides is 1. The number of carbonyl (C=O) groups is 1. The van der Waals surface area contributed by atoms with E-state index >= 15 is 0 Å². The van der Waals surface area contributed by atoms with Crippen molar-refractivity contribution in [1.29, 1.82) is 0 Å². The maximum absolute atomic E-state index is 12.9. The fraction of sp³-hybridized carbons (Fsp3) is 0.409. The molecule has 1 atom stereocenters. The van der Waals surface area contributed by atoms with Crippen molar-refractivity contribution in [2.75, 3.05) is 26.3 Å². The smallest absolute Gasteiger partial charge is 0.253 e. The molecule has 1 aliphatic carbocycles. The van der Waals surface area contributed by atoms with E-state index in [2.05, 4.69) is 17.4 Å². The minimum absolute atomic E-state index is 0.0594. The molecule has 0 saturated carbocycles. The van der Waals surface area contributed by atoms with E-state index in [-0.39, 0.29) is 21.5 Å². The van der Waals surface area contributed by atoms with Crippen LogP contribution in [0.3, 0.4) is 0 Å². The van der Waals surface area contributed by atoms with Crippen molar-refractivity contribution in [3.05, 3.63) is 63.7 Å². The molecule has 1 N–H and O–H groups in total. The fourth-order valence-electron chi connectivity index (χ4n) is 3.99. The second kappa shape index (κ2) is 8.67. The van der Waals surface area contributed by atoms with E-state index in [1.54, 1.807) is 0 Å². The zero-order chi connectivity index (χ0) is 21.3. The number of aryl methyl sites for hydroxylation is 2. The molecular weight excluding hydrogens is 424 g/mol. The Labute approximate surface area is 182 Å². The van der Waals surface area contributed by atoms with Crippen molar-refractivity contribution in [3.8, 4) is 0 Å². The number of hydrogen-bond acceptors (Lipinski definition) is 4. The van der Waals surface area contributed by atoms with Gasteiger partial charge < -0.3 is 10.1 Å². The van der Waals surface area contributed by atoms with Gasteiger partial charge in [-0.1, -0.05) is 29.8 Å². The predicted molar refractivity (Wildman–Crippen MR) is 115 cm³/mol. The van der Waals surface area contributed by atoms with Gasteiger partial charge in [0, 0.05) is 13.1 Å². The van der Waals surface area contributed by atoms with Gasteiger partial charge in [0.25, 0.3) is 5.91 Å². The van der Waals surface area contributed by atoms with E-state index in [1.807, 2.05) is 13.0 Å². The van der Waals surface area contributed by atoms with Crippen LogP contribution in [0.2, 0.25) is 5.02 Å². The van der Waals surface area contributed by atoms with Crippen LogP contribution in [0.4, 0.5) is 0 Å². The van der Waals surface area contributed by atoms with E-state index < -0.39 is 15.9 Å². The van der Waals surface area contributed by atoms with Gasteiger partial charge in [0.05, 0.1) is 34.7 Å². The van der Waals surface area contributed by atoms with Crippen molar-refractivity contribution in [1.82, 2.24) is 9.62 Å². The van der Waals surface area contributed by atoms with Crippen molar-refractivity contribution in [2.45, 2.75) is 37.1 Å². The Bertz CT molecular complexity index is 1060. The first kappa shape index (κ1) is 21.3. The van der Waals surface area contributed by atoms with Gasteiger partial charge >= 0.3 is 0 Å². The van der Waals surface area contributed by atoms with Gasteiger partial charge in [-0.05, 0) is 61.1 Å². The zero-order valence-corrected chi connectivity index (χ0v) is 18.4. The number of nitrogens with one attached hydrogen (secondary N) is 1. The van der Waals surface area contributed by atoms with E-state index in [4.69, 9.17) is 16.3 Å². The maximum Gasteiger partial charge on any atom is 0.253 e. The first-order valence-corrected chi connectivity index (χ1v) is 12.0. The van der Waals surface area contributed by atoms with Crippen molar-refractivity contribution < 1.29 is 17.9 Å². The van der Waals surface area contributed by atoms with Crippen LogP contribution in [0, 0.1) is 0 Å². The van der Waals surface area contributed by atoms with Gasteiger partial charge in [0.1, 0.15) is 0 Å². The van der Waals surface area contributed by atoms with E-state index in [9.17, 15) is 13.2 Å². The van der Waals surface area contributed by atoms with E-state index in [1.165, 1.54) is 40.1 Å². The lowest BCUT2D eigenvalue weighted by Crippen LogP contribution is -2.40. The molecule has 1 heterocycles. The molecule has 8 heteroatoms. The predicted octanol–water partition coefficient (Wildman–Crippen LogP) is 3.34. The number of benzene rings is 2. The summed E-state index contributed by atoms with van der Waals surface area (Å²) in [6, 6.07) is 10.3. The molecule has 4 rings (SSSR count). The highest BCUT2D eigenvalue weighted by Crippen LogP contribution is 2.27. The number of sulfonamides is 1. The van der Waals surface area contributed by atoms with Crippen LogP contribution < -0.4 is 5.32 Å². The molecule has 30 heavy (non-hydrogen) atoms. The average Bonchev–Trinajstić information content (AvgIpc) is 3.22. The quantitative estimate of drug-likeness (QED) is 0.761. The lowest BCUT2D eigenvalue weighted by molar-refractivity contribution is 0.0730. The molecule has 0 unspecified atom stereocenters. The Morgan fingerprint density at radius 2 is 1.83 bits per heavy atom. The first-order valence-electron chi connectivity index (χ1n) is 10.2. The molecule has 1 aliphatic heterocycles. The van der Waals surface area contributed by atoms with Crippen molar-refractivity contribution in [2.24, 2.45) is 0 Å². The van der Waals surface area contributed by atoms with Crippen LogP contribution in [0.1, 0.15) is 46.4 Å². The second-order valence-electron chi connectivity index (χ2n) is 7.73. The van der Waals surface area contributed by atoms with Gasteiger partial charge in [-0.2, -0.15) is 4.31 Å². The molecule has 0 radical (unpaired) electrons. The van der Waals surface area contributed by atoms with Gasteiger partial charge in [-0.15, -0.1) is 0 Å². The van der Waals surface area contributed by atoms with Crippen molar-refractivity contribution in [3.63, 3.8) is 0 Å². The number of ether oxygens (including phenoxy) is 1. The summed E-state index contributed by atoms with van der Waals surface area (Å²) in [4.78, 5) is 13.0. The number of rotatable bonds is 5. The minimum Gasteiger partial charge on any atom is -0.379 e. The minimum atomic E-state index is -3.71. The summed E-state index contributed by atoms with van der Waals surface area (Å²) in [5.41, 5.74) is 3.89. The molecule has 160 valence electrons. The topological polar surface area (TPSA) is 75.7 Å². The summed E-state index contributed by atoms with van der Waals surface area (Å²) < 4.78 is 32.4. The molecule has 1 saturated heterocycles. The average molecular weight is 449 g/mol. The largest absolute Gasteiger partial charge is 0.379 e. The summed E-state index contributed by atoms with van der Waals surface area (Å²) >= 11 is 6.24. The molecule has 1 fully saturated rings. The molecular formula is C22H25ClN2O4S. The van der Waals surface area contributed by atoms with Crippen molar-refractivity contribution >= 4 is 27.5 Å². The maximum atomic E-state index is 12.9. The Balaban J connectivity index is 1.54. The molecule has 6 nitrogen and oxygen atoms in total. The molecule has 1 amide bonds. The van der Waals surface area contributed by atoms with Crippen LogP contribution in [0.25, 0.3) is 0 Å². The Kier molecular flexibility index (Phi) is 6.16. The summed E-state index contributed by atoms with van der Waals surface area (Å²) in [5, 5.41) is 3.17. The normalized spacial score (nSPS) is 18.1. The third-order valence-corrected chi connectivity index (χ3v) is 7.98. The summed E-state index contributed by atoms with van der Waals surface area (Å²) in [6.45, 7) is 3.22. The SMILES string of the molecule is C[C@@H](NC(=O)c1cc(S(=O)(=O)N2CCOCC2)ccc1Cl)c1ccc2c(c1)CCC2. The number of halogens is 1. The lowest BCUT2D eigenvalue weighted by Gasteiger charge is -2.26. The number of morpholine rings is 1. The van der Waals surface area contributed by atoms with Gasteiger partial charge in [-0.3, -0.25) is 4.79 Å². The number of hydrogen-bond donors (Lipinski definition) is 1. The fourth-order valence-corrected chi connectivity index (χ4v) is 5.63. The summed E-state index contributed by atoms with van der Waals surface area (Å²) in [6.07, 6.45) is 3.34. The van der Waals surface area contributed by atoms with Gasteiger partial charge in [-0.25, -0.2) is 8.42 Å². The number of carbonyl (C=O) groups excluding carboxylic acids is 1. The van der Waals surface area contributed by atoms with Gasteiger partial charge in [0.2, 0.25) is 10.0 Å². The Morgan fingerprint density at radius 1 is 1.10 bits per heavy atom. The van der Waals surface area contributed by atoms with E-state index in [0.717, 1.165) is 18.4 Å². The van der Waals surface area contributed by atoms with Crippen LogP contribution in [-0.4, -0.2) is 44.9 Å². The standard InChI is InChI=1S/C22H25ClN2O4S/c1-15(17-6-5-16-3-2-4-18(16)13-17)24-22(26)20-14-19(7-8-21(20)23)30(27,28)25-9-11-29-12-10-25/h5-8,13-15H,2-4,9-12H2,1H3,(H,24,26)/t15-/m1/s1. The third-order valence-electron chi connectivity index (χ3n) is 5.76. The second-order valence-corrected chi connectivity index (χ2v) is 10.1. The molecule has 2 aromatic rings. The van der Waals surface area contributed by atoms with Gasteiger partial charge in [0.15, 0.2) is 0 Å². The Morgan fingerprint density at radius 3 is 2.60 bits per heavy atom. The number of nitrogens with zero attached hydrogens (tertiary/aromatic N) is 1. The zero-order valence-electron chi connectivity index (χ0n) is 16.9. The highest BCUT2D eigenvalue weighted by Gasteiger charge is 2.28. The molecule has 0 bridgehead atoms. The molecule has 0 aromatic heterocycles. The van der Waals surface area contributed by atoms with Crippen LogP contribution >= 0.6 is 11.6 Å². The van der Waals surface area contributed by atoms with E-state index in [0.29, 0.717) is 26.3 Å². The highest BCUT2D eigenvalue weighted by atomic mass is 35.5.